The second kappa shape index (κ2) is 6.00. The Bertz CT molecular complexity index is 1180. The minimum absolute atomic E-state index is 0.0125. The lowest BCUT2D eigenvalue weighted by Crippen LogP contribution is -2.42. The lowest BCUT2D eigenvalue weighted by atomic mass is 10.1. The van der Waals surface area contributed by atoms with E-state index in [4.69, 9.17) is 5.41 Å². The first kappa shape index (κ1) is 15.8. The van der Waals surface area contributed by atoms with Crippen molar-refractivity contribution >= 4 is 17.6 Å². The van der Waals surface area contributed by atoms with Crippen LogP contribution >= 0.6 is 0 Å². The third kappa shape index (κ3) is 2.57. The molecule has 0 radical (unpaired) electrons. The molecule has 0 amide bonds. The van der Waals surface area contributed by atoms with Crippen molar-refractivity contribution in [1.82, 2.24) is 4.98 Å². The normalized spacial score (nSPS) is 13.7. The monoisotopic (exact) mass is 344 g/mol. The van der Waals surface area contributed by atoms with Crippen molar-refractivity contribution in [2.75, 3.05) is 5.01 Å². The summed E-state index contributed by atoms with van der Waals surface area (Å²) in [6, 6.07) is 16.9. The number of anilines is 1. The van der Waals surface area contributed by atoms with E-state index in [-0.39, 0.29) is 17.3 Å². The van der Waals surface area contributed by atoms with E-state index in [2.05, 4.69) is 10.1 Å². The van der Waals surface area contributed by atoms with Crippen LogP contribution < -0.4 is 21.1 Å². The van der Waals surface area contributed by atoms with Crippen LogP contribution in [0.4, 0.5) is 5.69 Å². The molecule has 2 aromatic carbocycles. The number of hydrogen-bond donors (Lipinski definition) is 3. The highest BCUT2D eigenvalue weighted by Crippen LogP contribution is 2.21. The largest absolute Gasteiger partial charge is 0.494 e. The van der Waals surface area contributed by atoms with E-state index < -0.39 is 5.56 Å². The summed E-state index contributed by atoms with van der Waals surface area (Å²) in [5.41, 5.74) is 2.41. The summed E-state index contributed by atoms with van der Waals surface area (Å²) >= 11 is 0. The number of aromatic nitrogens is 1. The number of hydrogen-bond acceptors (Lipinski definition) is 4. The van der Waals surface area contributed by atoms with Crippen molar-refractivity contribution in [2.45, 2.75) is 6.92 Å². The third-order valence-electron chi connectivity index (χ3n) is 4.24. The highest BCUT2D eigenvalue weighted by Gasteiger charge is 2.26. The molecule has 0 spiro atoms. The number of nitrogens with one attached hydrogen (secondary N) is 2. The molecule has 1 aliphatic rings. The highest BCUT2D eigenvalue weighted by atomic mass is 16.3. The van der Waals surface area contributed by atoms with E-state index in [1.807, 2.05) is 61.5 Å². The molecule has 1 aliphatic heterocycles. The van der Waals surface area contributed by atoms with E-state index in [0.29, 0.717) is 16.3 Å². The van der Waals surface area contributed by atoms with Gasteiger partial charge in [0.05, 0.1) is 10.9 Å². The Kier molecular flexibility index (Phi) is 3.65. The lowest BCUT2D eigenvalue weighted by Gasteiger charge is -2.13. The summed E-state index contributed by atoms with van der Waals surface area (Å²) in [6.07, 6.45) is 1.71. The van der Waals surface area contributed by atoms with Crippen molar-refractivity contribution in [3.8, 4) is 5.88 Å². The molecule has 0 bridgehead atoms. The molecule has 0 unspecified atom stereocenters. The summed E-state index contributed by atoms with van der Waals surface area (Å²) in [4.78, 5) is 14.8. The quantitative estimate of drug-likeness (QED) is 0.659. The number of fused-ring (bicyclic) bond motifs is 1. The number of pyridine rings is 1. The van der Waals surface area contributed by atoms with Crippen molar-refractivity contribution in [2.24, 2.45) is 5.10 Å². The molecular formula is C20H16N4O2. The molecule has 3 N–H and O–H groups in total. The van der Waals surface area contributed by atoms with Crippen LogP contribution in [0.3, 0.4) is 0 Å². The Morgan fingerprint density at radius 2 is 1.81 bits per heavy atom. The van der Waals surface area contributed by atoms with Gasteiger partial charge in [-0.25, -0.2) is 5.01 Å². The average molecular weight is 344 g/mol. The van der Waals surface area contributed by atoms with Gasteiger partial charge >= 0.3 is 0 Å². The van der Waals surface area contributed by atoms with E-state index in [0.717, 1.165) is 11.1 Å². The van der Waals surface area contributed by atoms with Gasteiger partial charge in [0.15, 0.2) is 5.84 Å². The van der Waals surface area contributed by atoms with Gasteiger partial charge in [-0.05, 0) is 30.7 Å². The molecule has 0 saturated heterocycles. The first-order valence-electron chi connectivity index (χ1n) is 8.11. The summed E-state index contributed by atoms with van der Waals surface area (Å²) in [5.74, 6) is -0.336. The molecule has 2 heterocycles. The van der Waals surface area contributed by atoms with Crippen LogP contribution in [-0.4, -0.2) is 15.9 Å². The zero-order valence-electron chi connectivity index (χ0n) is 14.0. The summed E-state index contributed by atoms with van der Waals surface area (Å²) in [7, 11) is 0. The van der Waals surface area contributed by atoms with Gasteiger partial charge < -0.3 is 5.11 Å². The van der Waals surface area contributed by atoms with Crippen molar-refractivity contribution in [3.63, 3.8) is 0 Å². The molecule has 128 valence electrons. The number of para-hydroxylation sites is 1. The Morgan fingerprint density at radius 1 is 1.12 bits per heavy atom. The van der Waals surface area contributed by atoms with Gasteiger partial charge in [0.1, 0.15) is 10.9 Å². The van der Waals surface area contributed by atoms with Crippen LogP contribution in [0.2, 0.25) is 0 Å². The predicted molar refractivity (Wildman–Crippen MR) is 100 cm³/mol. The standard InChI is InChI=1S/C20H16N4O2/c1-12-7-9-13(10-8-12)11-15-17-16(20(26)22-19(15)25)18(21)24(23-17)14-5-3-2-4-6-14/h2-11,21,26H,1H3,(H,22,25)/b15-11+,21-18?. The molecule has 3 aromatic rings. The molecule has 6 nitrogen and oxygen atoms in total. The van der Waals surface area contributed by atoms with Crippen LogP contribution in [0.25, 0.3) is 6.08 Å². The number of rotatable bonds is 2. The fourth-order valence-corrected chi connectivity index (χ4v) is 2.90. The van der Waals surface area contributed by atoms with Gasteiger partial charge in [0.2, 0.25) is 5.88 Å². The van der Waals surface area contributed by atoms with Crippen LogP contribution in [0.15, 0.2) is 64.5 Å². The van der Waals surface area contributed by atoms with Gasteiger partial charge in [0.25, 0.3) is 5.56 Å². The van der Waals surface area contributed by atoms with Crippen LogP contribution in [-0.2, 0) is 0 Å². The van der Waals surface area contributed by atoms with Gasteiger partial charge in [-0.3, -0.25) is 15.2 Å². The minimum Gasteiger partial charge on any atom is -0.494 e. The molecule has 0 saturated carbocycles. The number of aromatic amines is 1. The van der Waals surface area contributed by atoms with Crippen molar-refractivity contribution in [3.05, 3.63) is 92.2 Å². The van der Waals surface area contributed by atoms with Gasteiger partial charge in [-0.15, -0.1) is 0 Å². The lowest BCUT2D eigenvalue weighted by molar-refractivity contribution is 0.449. The second-order valence-corrected chi connectivity index (χ2v) is 6.09. The zero-order chi connectivity index (χ0) is 18.3. The summed E-state index contributed by atoms with van der Waals surface area (Å²) in [5, 5.41) is 25.0. The Hall–Kier alpha value is -3.67. The molecule has 1 aromatic heterocycles. The summed E-state index contributed by atoms with van der Waals surface area (Å²) < 4.78 is 0. The number of amidine groups is 1. The van der Waals surface area contributed by atoms with Gasteiger partial charge in [0, 0.05) is 0 Å². The van der Waals surface area contributed by atoms with Crippen LogP contribution in [0, 0.1) is 12.3 Å². The highest BCUT2D eigenvalue weighted by molar-refractivity contribution is 6.10. The second-order valence-electron chi connectivity index (χ2n) is 6.09. The number of H-pyrrole nitrogens is 1. The van der Waals surface area contributed by atoms with E-state index in [1.165, 1.54) is 5.01 Å². The Morgan fingerprint density at radius 3 is 2.50 bits per heavy atom. The van der Waals surface area contributed by atoms with Crippen molar-refractivity contribution < 1.29 is 5.11 Å². The van der Waals surface area contributed by atoms with Crippen LogP contribution in [0.5, 0.6) is 5.88 Å². The molecule has 26 heavy (non-hydrogen) atoms. The molecule has 0 atom stereocenters. The number of nitrogens with zero attached hydrogens (tertiary/aromatic N) is 2. The number of aryl methyl sites for hydroxylation is 1. The number of benzene rings is 2. The zero-order valence-corrected chi connectivity index (χ0v) is 14.0. The Balaban J connectivity index is 1.98. The van der Waals surface area contributed by atoms with Crippen LogP contribution in [0.1, 0.15) is 16.7 Å². The van der Waals surface area contributed by atoms with Crippen molar-refractivity contribution in [1.29, 1.82) is 5.41 Å². The molecular weight excluding hydrogens is 328 g/mol. The first-order valence-corrected chi connectivity index (χ1v) is 8.11. The molecule has 0 fully saturated rings. The van der Waals surface area contributed by atoms with Gasteiger partial charge in [-0.1, -0.05) is 48.0 Å². The topological polar surface area (TPSA) is 92.5 Å². The maximum absolute atomic E-state index is 12.4. The van der Waals surface area contributed by atoms with E-state index in [1.54, 1.807) is 6.08 Å². The molecule has 6 heteroatoms. The average Bonchev–Trinajstić information content (AvgIpc) is 2.99. The first-order chi connectivity index (χ1) is 12.5. The van der Waals surface area contributed by atoms with Gasteiger partial charge in [-0.2, -0.15) is 5.10 Å². The molecule has 4 rings (SSSR count). The number of aromatic hydroxyl groups is 1. The predicted octanol–water partition coefficient (Wildman–Crippen LogP) is 1.60. The van der Waals surface area contributed by atoms with E-state index >= 15 is 0 Å². The minimum atomic E-state index is -0.451. The van der Waals surface area contributed by atoms with E-state index in [9.17, 15) is 9.90 Å². The molecule has 0 aliphatic carbocycles. The smallest absolute Gasteiger partial charge is 0.260 e. The maximum Gasteiger partial charge on any atom is 0.260 e. The Labute approximate surface area is 148 Å². The SMILES string of the molecule is Cc1ccc(/C=c2/c(=O)[nH]c(O)c3c2=NN(c2ccccc2)C3=N)cc1. The summed E-state index contributed by atoms with van der Waals surface area (Å²) in [6.45, 7) is 1.99. The fraction of sp³-hybridized carbons (Fsp3) is 0.0500. The fourth-order valence-electron chi connectivity index (χ4n) is 2.90. The maximum atomic E-state index is 12.4. The third-order valence-corrected chi connectivity index (χ3v) is 4.24.